The number of phenolic OH excluding ortho intramolecular Hbond substituents is 3. The molecule has 1 aromatic carbocycles. The first-order valence-corrected chi connectivity index (χ1v) is 5.34. The summed E-state index contributed by atoms with van der Waals surface area (Å²) in [7, 11) is 0. The van der Waals surface area contributed by atoms with Gasteiger partial charge in [-0.05, 0) is 17.9 Å². The molecular formula is C12H17NO3. The zero-order chi connectivity index (χ0) is 12.1. The average Bonchev–Trinajstić information content (AvgIpc) is 2.66. The summed E-state index contributed by atoms with van der Waals surface area (Å²) in [6.45, 7) is 4.64. The van der Waals surface area contributed by atoms with Gasteiger partial charge in [0.05, 0.1) is 0 Å². The minimum Gasteiger partial charge on any atom is -0.508 e. The molecular weight excluding hydrogens is 206 g/mol. The van der Waals surface area contributed by atoms with E-state index >= 15 is 0 Å². The summed E-state index contributed by atoms with van der Waals surface area (Å²) in [5.41, 5.74) is 6.14. The second-order valence-corrected chi connectivity index (χ2v) is 5.04. The summed E-state index contributed by atoms with van der Waals surface area (Å²) in [5.74, 6) is 0.0477. The molecule has 1 aliphatic carbocycles. The third-order valence-corrected chi connectivity index (χ3v) is 3.74. The Balaban J connectivity index is 2.44. The van der Waals surface area contributed by atoms with Crippen molar-refractivity contribution in [1.29, 1.82) is 0 Å². The molecule has 0 aliphatic heterocycles. The molecule has 88 valence electrons. The SMILES string of the molecule is CC1(C)[C@@H](CN)[C@@H]1c1c(O)cc(O)cc1O. The lowest BCUT2D eigenvalue weighted by Crippen LogP contribution is -2.05. The van der Waals surface area contributed by atoms with Gasteiger partial charge in [-0.25, -0.2) is 0 Å². The largest absolute Gasteiger partial charge is 0.508 e. The fraction of sp³-hybridized carbons (Fsp3) is 0.500. The van der Waals surface area contributed by atoms with Gasteiger partial charge in [-0.2, -0.15) is 0 Å². The molecule has 1 fully saturated rings. The molecule has 0 aromatic heterocycles. The predicted octanol–water partition coefficient (Wildman–Crippen LogP) is 1.50. The Hall–Kier alpha value is -1.42. The highest BCUT2D eigenvalue weighted by atomic mass is 16.3. The number of hydrogen-bond donors (Lipinski definition) is 4. The van der Waals surface area contributed by atoms with E-state index in [4.69, 9.17) is 5.73 Å². The van der Waals surface area contributed by atoms with E-state index in [2.05, 4.69) is 13.8 Å². The third-order valence-electron chi connectivity index (χ3n) is 3.74. The summed E-state index contributed by atoms with van der Waals surface area (Å²) in [6, 6.07) is 2.49. The zero-order valence-electron chi connectivity index (χ0n) is 9.44. The summed E-state index contributed by atoms with van der Waals surface area (Å²) < 4.78 is 0. The minimum atomic E-state index is -0.137. The zero-order valence-corrected chi connectivity index (χ0v) is 9.44. The Labute approximate surface area is 94.3 Å². The molecule has 1 aliphatic rings. The molecule has 1 aromatic rings. The second kappa shape index (κ2) is 3.28. The van der Waals surface area contributed by atoms with E-state index in [1.807, 2.05) is 0 Å². The van der Waals surface area contributed by atoms with E-state index in [0.29, 0.717) is 12.1 Å². The van der Waals surface area contributed by atoms with Crippen molar-refractivity contribution in [3.8, 4) is 17.2 Å². The van der Waals surface area contributed by atoms with Gasteiger partial charge in [-0.1, -0.05) is 13.8 Å². The highest BCUT2D eigenvalue weighted by Gasteiger charge is 2.59. The lowest BCUT2D eigenvalue weighted by atomic mass is 10.0. The number of nitrogens with two attached hydrogens (primary N) is 1. The summed E-state index contributed by atoms with van der Waals surface area (Å²) in [6.07, 6.45) is 0. The van der Waals surface area contributed by atoms with Crippen molar-refractivity contribution < 1.29 is 15.3 Å². The van der Waals surface area contributed by atoms with Crippen molar-refractivity contribution in [3.05, 3.63) is 17.7 Å². The van der Waals surface area contributed by atoms with Crippen LogP contribution in [-0.2, 0) is 0 Å². The van der Waals surface area contributed by atoms with E-state index in [9.17, 15) is 15.3 Å². The molecule has 0 radical (unpaired) electrons. The molecule has 0 unspecified atom stereocenters. The fourth-order valence-corrected chi connectivity index (χ4v) is 2.68. The van der Waals surface area contributed by atoms with Crippen molar-refractivity contribution in [2.75, 3.05) is 6.54 Å². The van der Waals surface area contributed by atoms with Crippen molar-refractivity contribution in [3.63, 3.8) is 0 Å². The average molecular weight is 223 g/mol. The molecule has 1 saturated carbocycles. The summed E-state index contributed by atoms with van der Waals surface area (Å²) >= 11 is 0. The van der Waals surface area contributed by atoms with Crippen molar-refractivity contribution in [1.82, 2.24) is 0 Å². The molecule has 0 amide bonds. The number of aromatic hydroxyl groups is 3. The van der Waals surface area contributed by atoms with Gasteiger partial charge in [0.1, 0.15) is 17.2 Å². The van der Waals surface area contributed by atoms with Gasteiger partial charge in [0.25, 0.3) is 0 Å². The van der Waals surface area contributed by atoms with Crippen LogP contribution in [0.1, 0.15) is 25.3 Å². The van der Waals surface area contributed by atoms with Gasteiger partial charge >= 0.3 is 0 Å². The van der Waals surface area contributed by atoms with Crippen LogP contribution in [0, 0.1) is 11.3 Å². The second-order valence-electron chi connectivity index (χ2n) is 5.04. The number of benzene rings is 1. The first-order valence-electron chi connectivity index (χ1n) is 5.34. The van der Waals surface area contributed by atoms with Crippen LogP contribution in [0.5, 0.6) is 17.2 Å². The van der Waals surface area contributed by atoms with Crippen LogP contribution in [-0.4, -0.2) is 21.9 Å². The van der Waals surface area contributed by atoms with Crippen LogP contribution >= 0.6 is 0 Å². The molecule has 0 spiro atoms. The van der Waals surface area contributed by atoms with E-state index in [0.717, 1.165) is 0 Å². The number of phenols is 3. The summed E-state index contributed by atoms with van der Waals surface area (Å²) in [5, 5.41) is 28.8. The highest BCUT2D eigenvalue weighted by Crippen LogP contribution is 2.66. The van der Waals surface area contributed by atoms with Crippen LogP contribution in [0.3, 0.4) is 0 Å². The van der Waals surface area contributed by atoms with Gasteiger partial charge < -0.3 is 21.1 Å². The molecule has 16 heavy (non-hydrogen) atoms. The maximum atomic E-state index is 9.77. The Bertz CT molecular complexity index is 405. The molecule has 0 saturated heterocycles. The van der Waals surface area contributed by atoms with Crippen LogP contribution < -0.4 is 5.73 Å². The minimum absolute atomic E-state index is 0.0132. The Kier molecular flexibility index (Phi) is 2.27. The number of hydrogen-bond acceptors (Lipinski definition) is 4. The van der Waals surface area contributed by atoms with Crippen molar-refractivity contribution in [2.24, 2.45) is 17.1 Å². The Morgan fingerprint density at radius 3 is 2.06 bits per heavy atom. The molecule has 0 heterocycles. The van der Waals surface area contributed by atoms with Gasteiger partial charge in [0.15, 0.2) is 0 Å². The van der Waals surface area contributed by atoms with Gasteiger partial charge in [-0.15, -0.1) is 0 Å². The topological polar surface area (TPSA) is 86.7 Å². The standard InChI is InChI=1S/C12H17NO3/c1-12(2)7(5-13)11(12)10-8(15)3-6(14)4-9(10)16/h3-4,7,11,14-16H,5,13H2,1-2H3/t7-,11+/m0/s1. The van der Waals surface area contributed by atoms with Crippen LogP contribution in [0.25, 0.3) is 0 Å². The lowest BCUT2D eigenvalue weighted by molar-refractivity contribution is 0.415. The normalized spacial score (nSPS) is 26.7. The van der Waals surface area contributed by atoms with Crippen molar-refractivity contribution >= 4 is 0 Å². The van der Waals surface area contributed by atoms with E-state index < -0.39 is 0 Å². The lowest BCUT2D eigenvalue weighted by Gasteiger charge is -2.09. The molecule has 2 rings (SSSR count). The molecule has 5 N–H and O–H groups in total. The molecule has 4 heteroatoms. The van der Waals surface area contributed by atoms with Gasteiger partial charge in [0.2, 0.25) is 0 Å². The monoisotopic (exact) mass is 223 g/mol. The molecule has 2 atom stereocenters. The van der Waals surface area contributed by atoms with E-state index in [1.54, 1.807) is 0 Å². The molecule has 0 bridgehead atoms. The maximum Gasteiger partial charge on any atom is 0.126 e. The van der Waals surface area contributed by atoms with Crippen LogP contribution in [0.4, 0.5) is 0 Å². The smallest absolute Gasteiger partial charge is 0.126 e. The molecule has 4 nitrogen and oxygen atoms in total. The third kappa shape index (κ3) is 1.41. The van der Waals surface area contributed by atoms with Gasteiger partial charge in [0, 0.05) is 23.6 Å². The quantitative estimate of drug-likeness (QED) is 0.612. The van der Waals surface area contributed by atoms with Crippen molar-refractivity contribution in [2.45, 2.75) is 19.8 Å². The Morgan fingerprint density at radius 1 is 1.19 bits per heavy atom. The Morgan fingerprint density at radius 2 is 1.69 bits per heavy atom. The predicted molar refractivity (Wildman–Crippen MR) is 60.5 cm³/mol. The maximum absolute atomic E-state index is 9.77. The van der Waals surface area contributed by atoms with Crippen LogP contribution in [0.2, 0.25) is 0 Å². The highest BCUT2D eigenvalue weighted by molar-refractivity contribution is 5.54. The van der Waals surface area contributed by atoms with E-state index in [-0.39, 0.29) is 34.5 Å². The first-order chi connectivity index (χ1) is 7.39. The van der Waals surface area contributed by atoms with Crippen LogP contribution in [0.15, 0.2) is 12.1 Å². The van der Waals surface area contributed by atoms with E-state index in [1.165, 1.54) is 12.1 Å². The van der Waals surface area contributed by atoms with Gasteiger partial charge in [-0.3, -0.25) is 0 Å². The number of rotatable bonds is 2. The fourth-order valence-electron chi connectivity index (χ4n) is 2.68. The summed E-state index contributed by atoms with van der Waals surface area (Å²) in [4.78, 5) is 0. The first kappa shape index (κ1) is 11.1.